The summed E-state index contributed by atoms with van der Waals surface area (Å²) < 4.78 is 0. The van der Waals surface area contributed by atoms with E-state index >= 15 is 0 Å². The second-order valence-corrected chi connectivity index (χ2v) is 8.01. The lowest BCUT2D eigenvalue weighted by Crippen LogP contribution is -2.44. The number of benzene rings is 1. The third-order valence-corrected chi connectivity index (χ3v) is 6.17. The molecule has 1 aliphatic rings. The number of thiophene rings is 1. The van der Waals surface area contributed by atoms with Crippen LogP contribution in [0.4, 0.5) is 5.69 Å². The summed E-state index contributed by atoms with van der Waals surface area (Å²) in [5, 5.41) is 19.9. The van der Waals surface area contributed by atoms with Crippen LogP contribution in [0.2, 0.25) is 0 Å². The number of nitrogens with one attached hydrogen (secondary N) is 2. The second-order valence-electron chi connectivity index (χ2n) is 7.04. The summed E-state index contributed by atoms with van der Waals surface area (Å²) in [6.45, 7) is 2.28. The summed E-state index contributed by atoms with van der Waals surface area (Å²) in [7, 11) is 3.91. The summed E-state index contributed by atoms with van der Waals surface area (Å²) in [5.74, 6) is 1.15. The number of likely N-dealkylation sites (tertiary alicyclic amines) is 1. The van der Waals surface area contributed by atoms with E-state index in [1.54, 1.807) is 19.2 Å². The average molecular weight is 529 g/mol. The van der Waals surface area contributed by atoms with Gasteiger partial charge in [0, 0.05) is 42.7 Å². The molecule has 1 fully saturated rings. The van der Waals surface area contributed by atoms with Crippen LogP contribution in [-0.4, -0.2) is 43.0 Å². The van der Waals surface area contributed by atoms with E-state index in [-0.39, 0.29) is 34.6 Å². The van der Waals surface area contributed by atoms with Gasteiger partial charge in [0.05, 0.1) is 4.92 Å². The molecule has 1 aliphatic heterocycles. The van der Waals surface area contributed by atoms with E-state index in [0.29, 0.717) is 30.0 Å². The van der Waals surface area contributed by atoms with E-state index in [1.165, 1.54) is 23.8 Å². The summed E-state index contributed by atoms with van der Waals surface area (Å²) in [5.41, 5.74) is 0.765. The first-order valence-corrected chi connectivity index (χ1v) is 10.4. The maximum atomic E-state index is 11.2. The molecular formula is C20H28IN5O2S. The van der Waals surface area contributed by atoms with Crippen LogP contribution in [0.15, 0.2) is 46.8 Å². The molecule has 158 valence electrons. The highest BCUT2D eigenvalue weighted by Crippen LogP contribution is 2.36. The van der Waals surface area contributed by atoms with Crippen LogP contribution >= 0.6 is 35.3 Å². The number of hydrogen-bond donors (Lipinski definition) is 2. The maximum absolute atomic E-state index is 11.2. The Bertz CT molecular complexity index is 815. The van der Waals surface area contributed by atoms with Gasteiger partial charge in [-0.25, -0.2) is 0 Å². The Labute approximate surface area is 192 Å². The topological polar surface area (TPSA) is 82.8 Å². The van der Waals surface area contributed by atoms with E-state index < -0.39 is 0 Å². The Kier molecular flexibility index (Phi) is 9.31. The fourth-order valence-corrected chi connectivity index (χ4v) is 4.83. The van der Waals surface area contributed by atoms with Crippen LogP contribution in [0, 0.1) is 16.0 Å². The van der Waals surface area contributed by atoms with Gasteiger partial charge in [0.25, 0.3) is 5.69 Å². The summed E-state index contributed by atoms with van der Waals surface area (Å²) in [6, 6.07) is 11.5. The Morgan fingerprint density at radius 3 is 2.79 bits per heavy atom. The zero-order valence-corrected chi connectivity index (χ0v) is 19.9. The highest BCUT2D eigenvalue weighted by atomic mass is 127. The second kappa shape index (κ2) is 11.5. The molecule has 0 amide bonds. The van der Waals surface area contributed by atoms with Gasteiger partial charge in [-0.2, -0.15) is 0 Å². The van der Waals surface area contributed by atoms with Crippen molar-refractivity contribution in [2.24, 2.45) is 10.9 Å². The maximum Gasteiger partial charge on any atom is 0.274 e. The summed E-state index contributed by atoms with van der Waals surface area (Å²) >= 11 is 1.81. The minimum Gasteiger partial charge on any atom is -0.356 e. The molecule has 0 radical (unpaired) electrons. The van der Waals surface area contributed by atoms with Crippen LogP contribution in [0.25, 0.3) is 0 Å². The zero-order valence-electron chi connectivity index (χ0n) is 16.7. The highest BCUT2D eigenvalue weighted by molar-refractivity contribution is 14.0. The fourth-order valence-electron chi connectivity index (χ4n) is 3.85. The lowest BCUT2D eigenvalue weighted by Gasteiger charge is -2.39. The average Bonchev–Trinajstić information content (AvgIpc) is 3.22. The van der Waals surface area contributed by atoms with Gasteiger partial charge < -0.3 is 10.6 Å². The molecule has 9 heteroatoms. The lowest BCUT2D eigenvalue weighted by atomic mass is 9.88. The van der Waals surface area contributed by atoms with Gasteiger partial charge in [0.2, 0.25) is 0 Å². The van der Waals surface area contributed by atoms with E-state index in [1.807, 2.05) is 17.4 Å². The van der Waals surface area contributed by atoms with Crippen molar-refractivity contribution in [1.82, 2.24) is 15.5 Å². The number of halogens is 1. The number of nitro groups is 1. The number of rotatable bonds is 6. The Morgan fingerprint density at radius 2 is 2.10 bits per heavy atom. The molecule has 3 rings (SSSR count). The van der Waals surface area contributed by atoms with E-state index in [4.69, 9.17) is 0 Å². The molecule has 1 saturated heterocycles. The standard InChI is InChI=1S/C20H27N5O2S.HI/c1-21-20(22-13-15-7-3-4-9-17(15)25(26)27)23-14-16-8-5-11-24(2)19(16)18-10-6-12-28-18;/h3-4,6-7,9-10,12,16,19H,5,8,11,13-14H2,1-2H3,(H2,21,22,23);1H. The third-order valence-electron chi connectivity index (χ3n) is 5.23. The SMILES string of the molecule is CN=C(NCc1ccccc1[N+](=O)[O-])NCC1CCCN(C)C1c1cccs1.I. The number of nitrogens with zero attached hydrogens (tertiary/aromatic N) is 3. The highest BCUT2D eigenvalue weighted by Gasteiger charge is 2.31. The number of nitro benzene ring substituents is 1. The fraction of sp³-hybridized carbons (Fsp3) is 0.450. The van der Waals surface area contributed by atoms with Gasteiger partial charge in [-0.15, -0.1) is 35.3 Å². The first kappa shape index (κ1) is 23.6. The van der Waals surface area contributed by atoms with Crippen LogP contribution < -0.4 is 10.6 Å². The van der Waals surface area contributed by atoms with Crippen molar-refractivity contribution in [1.29, 1.82) is 0 Å². The molecule has 0 spiro atoms. The van der Waals surface area contributed by atoms with Crippen molar-refractivity contribution in [2.45, 2.75) is 25.4 Å². The largest absolute Gasteiger partial charge is 0.356 e. The molecule has 0 saturated carbocycles. The molecule has 0 aliphatic carbocycles. The molecule has 29 heavy (non-hydrogen) atoms. The van der Waals surface area contributed by atoms with Crippen molar-refractivity contribution >= 4 is 47.0 Å². The Morgan fingerprint density at radius 1 is 1.31 bits per heavy atom. The molecular weight excluding hydrogens is 501 g/mol. The molecule has 1 aromatic heterocycles. The first-order valence-electron chi connectivity index (χ1n) is 9.50. The number of piperidine rings is 1. The van der Waals surface area contributed by atoms with E-state index in [0.717, 1.165) is 13.1 Å². The summed E-state index contributed by atoms with van der Waals surface area (Å²) in [6.07, 6.45) is 2.36. The van der Waals surface area contributed by atoms with Crippen molar-refractivity contribution in [2.75, 3.05) is 27.2 Å². The number of para-hydroxylation sites is 1. The molecule has 2 unspecified atom stereocenters. The molecule has 2 heterocycles. The van der Waals surface area contributed by atoms with Crippen LogP contribution in [0.5, 0.6) is 0 Å². The molecule has 0 bridgehead atoms. The predicted molar refractivity (Wildman–Crippen MR) is 129 cm³/mol. The zero-order chi connectivity index (χ0) is 19.9. The lowest BCUT2D eigenvalue weighted by molar-refractivity contribution is -0.385. The molecule has 2 atom stereocenters. The molecule has 2 aromatic rings. The quantitative estimate of drug-likeness (QED) is 0.194. The summed E-state index contributed by atoms with van der Waals surface area (Å²) in [4.78, 5) is 18.9. The predicted octanol–water partition coefficient (Wildman–Crippen LogP) is 4.02. The number of guanidine groups is 1. The van der Waals surface area contributed by atoms with Crippen molar-refractivity contribution in [3.8, 4) is 0 Å². The van der Waals surface area contributed by atoms with E-state index in [2.05, 4.69) is 45.1 Å². The van der Waals surface area contributed by atoms with Crippen LogP contribution in [0.3, 0.4) is 0 Å². The molecule has 7 nitrogen and oxygen atoms in total. The normalized spacial score (nSPS) is 20.0. The minimum atomic E-state index is -0.351. The first-order chi connectivity index (χ1) is 13.6. The number of hydrogen-bond acceptors (Lipinski definition) is 5. The van der Waals surface area contributed by atoms with Gasteiger partial charge in [0.15, 0.2) is 5.96 Å². The van der Waals surface area contributed by atoms with Gasteiger partial charge in [-0.05, 0) is 43.8 Å². The van der Waals surface area contributed by atoms with Crippen molar-refractivity contribution in [3.05, 3.63) is 62.3 Å². The number of aliphatic imine (C=N–C) groups is 1. The van der Waals surface area contributed by atoms with Crippen molar-refractivity contribution in [3.63, 3.8) is 0 Å². The van der Waals surface area contributed by atoms with Gasteiger partial charge in [-0.1, -0.05) is 24.3 Å². The third kappa shape index (κ3) is 6.13. The van der Waals surface area contributed by atoms with Gasteiger partial charge >= 0.3 is 0 Å². The molecule has 1 aromatic carbocycles. The smallest absolute Gasteiger partial charge is 0.274 e. The van der Waals surface area contributed by atoms with Crippen molar-refractivity contribution < 1.29 is 4.92 Å². The molecule has 2 N–H and O–H groups in total. The van der Waals surface area contributed by atoms with Gasteiger partial charge in [-0.3, -0.25) is 20.0 Å². The van der Waals surface area contributed by atoms with Crippen LogP contribution in [0.1, 0.15) is 29.3 Å². The Balaban J connectivity index is 0.00000300. The minimum absolute atomic E-state index is 0. The monoisotopic (exact) mass is 529 g/mol. The Hall–Kier alpha value is -1.72. The van der Waals surface area contributed by atoms with Gasteiger partial charge in [0.1, 0.15) is 0 Å². The van der Waals surface area contributed by atoms with E-state index in [9.17, 15) is 10.1 Å². The van der Waals surface area contributed by atoms with Crippen LogP contribution in [-0.2, 0) is 6.54 Å².